The predicted octanol–water partition coefficient (Wildman–Crippen LogP) is 0.131. The predicted molar refractivity (Wildman–Crippen MR) is 47.4 cm³/mol. The zero-order chi connectivity index (χ0) is 11.2. The fraction of sp³-hybridized carbons (Fsp3) is 0.700. The summed E-state index contributed by atoms with van der Waals surface area (Å²) in [6.07, 6.45) is 0. The number of esters is 3. The van der Waals surface area contributed by atoms with Gasteiger partial charge >= 0.3 is 17.9 Å². The molecule has 5 heteroatoms. The third-order valence-corrected chi connectivity index (χ3v) is 3.14. The van der Waals surface area contributed by atoms with Crippen molar-refractivity contribution >= 4 is 17.9 Å². The average Bonchev–Trinajstić information content (AvgIpc) is 2.59. The highest BCUT2D eigenvalue weighted by Crippen LogP contribution is 2.37. The summed E-state index contributed by atoms with van der Waals surface area (Å²) in [5.41, 5.74) is 0. The Labute approximate surface area is 86.7 Å². The normalized spacial score (nSPS) is 40.5. The van der Waals surface area contributed by atoms with Gasteiger partial charge in [0.1, 0.15) is 0 Å². The van der Waals surface area contributed by atoms with E-state index < -0.39 is 35.7 Å². The number of ether oxygens (including phenoxy) is 2. The smallest absolute Gasteiger partial charge is 0.318 e. The van der Waals surface area contributed by atoms with Gasteiger partial charge in [-0.2, -0.15) is 0 Å². The van der Waals surface area contributed by atoms with Crippen LogP contribution in [0.15, 0.2) is 0 Å². The Morgan fingerprint density at radius 2 is 1.67 bits per heavy atom. The van der Waals surface area contributed by atoms with Gasteiger partial charge in [-0.05, 0) is 0 Å². The van der Waals surface area contributed by atoms with E-state index in [4.69, 9.17) is 4.74 Å². The standard InChI is InChI=1S/C10H12O5/c1-4-3-14-9(12)6(4)7-5(2)8(11)15-10(7)13/h4-7H,3H2,1-2H3. The van der Waals surface area contributed by atoms with E-state index in [-0.39, 0.29) is 5.92 Å². The zero-order valence-corrected chi connectivity index (χ0v) is 8.56. The Kier molecular flexibility index (Phi) is 2.25. The first-order chi connectivity index (χ1) is 7.02. The zero-order valence-electron chi connectivity index (χ0n) is 8.56. The van der Waals surface area contributed by atoms with Crippen LogP contribution in [0.2, 0.25) is 0 Å². The molecule has 5 nitrogen and oxygen atoms in total. The Bertz CT molecular complexity index is 335. The molecule has 2 heterocycles. The van der Waals surface area contributed by atoms with Gasteiger partial charge in [0.15, 0.2) is 0 Å². The van der Waals surface area contributed by atoms with E-state index in [1.807, 2.05) is 6.92 Å². The van der Waals surface area contributed by atoms with Crippen LogP contribution in [0.3, 0.4) is 0 Å². The second kappa shape index (κ2) is 3.32. The van der Waals surface area contributed by atoms with Gasteiger partial charge in [-0.15, -0.1) is 0 Å². The molecule has 0 aromatic heterocycles. The Hall–Kier alpha value is -1.39. The summed E-state index contributed by atoms with van der Waals surface area (Å²) in [5, 5.41) is 0. The van der Waals surface area contributed by atoms with E-state index in [2.05, 4.69) is 4.74 Å². The van der Waals surface area contributed by atoms with Gasteiger partial charge in [0.05, 0.1) is 24.4 Å². The molecule has 15 heavy (non-hydrogen) atoms. The number of carbonyl (C=O) groups is 3. The second-order valence-corrected chi connectivity index (χ2v) is 4.19. The maximum Gasteiger partial charge on any atom is 0.318 e. The minimum atomic E-state index is -0.664. The van der Waals surface area contributed by atoms with Crippen molar-refractivity contribution in [1.82, 2.24) is 0 Å². The first kappa shape index (κ1) is 10.1. The van der Waals surface area contributed by atoms with Crippen molar-refractivity contribution in [3.8, 4) is 0 Å². The highest BCUT2D eigenvalue weighted by Gasteiger charge is 2.52. The summed E-state index contributed by atoms with van der Waals surface area (Å²) in [4.78, 5) is 34.0. The molecule has 2 rings (SSSR count). The van der Waals surface area contributed by atoms with Crippen molar-refractivity contribution in [2.45, 2.75) is 13.8 Å². The summed E-state index contributed by atoms with van der Waals surface area (Å²) in [7, 11) is 0. The molecule has 0 amide bonds. The topological polar surface area (TPSA) is 69.7 Å². The van der Waals surface area contributed by atoms with Crippen LogP contribution in [0.4, 0.5) is 0 Å². The number of carbonyl (C=O) groups excluding carboxylic acids is 3. The largest absolute Gasteiger partial charge is 0.465 e. The summed E-state index contributed by atoms with van der Waals surface area (Å²) >= 11 is 0. The fourth-order valence-electron chi connectivity index (χ4n) is 2.21. The lowest BCUT2D eigenvalue weighted by Gasteiger charge is -2.16. The molecule has 0 bridgehead atoms. The van der Waals surface area contributed by atoms with Gasteiger partial charge in [0, 0.05) is 5.92 Å². The van der Waals surface area contributed by atoms with E-state index in [1.165, 1.54) is 0 Å². The van der Waals surface area contributed by atoms with Crippen LogP contribution in [-0.2, 0) is 23.9 Å². The molecule has 0 aromatic carbocycles. The van der Waals surface area contributed by atoms with E-state index in [0.29, 0.717) is 6.61 Å². The molecular formula is C10H12O5. The maximum absolute atomic E-state index is 11.4. The summed E-state index contributed by atoms with van der Waals surface area (Å²) in [5.74, 6) is -3.31. The van der Waals surface area contributed by atoms with Crippen molar-refractivity contribution in [2.75, 3.05) is 6.61 Å². The minimum absolute atomic E-state index is 0.0385. The highest BCUT2D eigenvalue weighted by molar-refractivity contribution is 5.98. The van der Waals surface area contributed by atoms with Crippen molar-refractivity contribution < 1.29 is 23.9 Å². The summed E-state index contributed by atoms with van der Waals surface area (Å²) in [6, 6.07) is 0. The number of hydrogen-bond donors (Lipinski definition) is 0. The summed E-state index contributed by atoms with van der Waals surface area (Å²) < 4.78 is 9.37. The van der Waals surface area contributed by atoms with Gasteiger partial charge in [-0.1, -0.05) is 13.8 Å². The van der Waals surface area contributed by atoms with Crippen LogP contribution in [0.5, 0.6) is 0 Å². The molecule has 82 valence electrons. The molecule has 0 radical (unpaired) electrons. The monoisotopic (exact) mass is 212 g/mol. The summed E-state index contributed by atoms with van der Waals surface area (Å²) in [6.45, 7) is 3.75. The van der Waals surface area contributed by atoms with Crippen LogP contribution < -0.4 is 0 Å². The third-order valence-electron chi connectivity index (χ3n) is 3.14. The van der Waals surface area contributed by atoms with Gasteiger partial charge < -0.3 is 9.47 Å². The van der Waals surface area contributed by atoms with E-state index >= 15 is 0 Å². The van der Waals surface area contributed by atoms with E-state index in [0.717, 1.165) is 0 Å². The van der Waals surface area contributed by atoms with Gasteiger partial charge in [0.2, 0.25) is 0 Å². The molecule has 4 atom stereocenters. The van der Waals surface area contributed by atoms with Gasteiger partial charge in [0.25, 0.3) is 0 Å². The Balaban J connectivity index is 2.26. The maximum atomic E-state index is 11.4. The van der Waals surface area contributed by atoms with Crippen molar-refractivity contribution in [3.63, 3.8) is 0 Å². The molecular weight excluding hydrogens is 200 g/mol. The van der Waals surface area contributed by atoms with E-state index in [9.17, 15) is 14.4 Å². The first-order valence-corrected chi connectivity index (χ1v) is 4.94. The fourth-order valence-corrected chi connectivity index (χ4v) is 2.21. The van der Waals surface area contributed by atoms with Gasteiger partial charge in [-0.3, -0.25) is 14.4 Å². The molecule has 2 fully saturated rings. The average molecular weight is 212 g/mol. The van der Waals surface area contributed by atoms with Crippen molar-refractivity contribution in [1.29, 1.82) is 0 Å². The molecule has 0 aromatic rings. The molecule has 0 N–H and O–H groups in total. The van der Waals surface area contributed by atoms with E-state index in [1.54, 1.807) is 6.92 Å². The van der Waals surface area contributed by atoms with Crippen LogP contribution >= 0.6 is 0 Å². The molecule has 2 aliphatic heterocycles. The van der Waals surface area contributed by atoms with Crippen molar-refractivity contribution in [2.24, 2.45) is 23.7 Å². The second-order valence-electron chi connectivity index (χ2n) is 4.19. The lowest BCUT2D eigenvalue weighted by molar-refractivity contribution is -0.156. The minimum Gasteiger partial charge on any atom is -0.465 e. The third kappa shape index (κ3) is 1.42. The van der Waals surface area contributed by atoms with Crippen LogP contribution in [0, 0.1) is 23.7 Å². The van der Waals surface area contributed by atoms with Crippen LogP contribution in [0.1, 0.15) is 13.8 Å². The number of rotatable bonds is 1. The lowest BCUT2D eigenvalue weighted by Crippen LogP contribution is -2.31. The number of hydrogen-bond acceptors (Lipinski definition) is 5. The van der Waals surface area contributed by atoms with Crippen LogP contribution in [-0.4, -0.2) is 24.5 Å². The first-order valence-electron chi connectivity index (χ1n) is 4.94. The highest BCUT2D eigenvalue weighted by atomic mass is 16.6. The quantitative estimate of drug-likeness (QED) is 0.456. The number of cyclic esters (lactones) is 3. The molecule has 0 spiro atoms. The SMILES string of the molecule is CC1COC(=O)C1C1C(=O)OC(=O)C1C. The van der Waals surface area contributed by atoms with Crippen LogP contribution in [0.25, 0.3) is 0 Å². The molecule has 0 saturated carbocycles. The molecule has 2 saturated heterocycles. The lowest BCUT2D eigenvalue weighted by atomic mass is 9.79. The molecule has 2 aliphatic rings. The Morgan fingerprint density at radius 1 is 1.00 bits per heavy atom. The Morgan fingerprint density at radius 3 is 2.07 bits per heavy atom. The van der Waals surface area contributed by atoms with Crippen molar-refractivity contribution in [3.05, 3.63) is 0 Å². The molecule has 4 unspecified atom stereocenters. The van der Waals surface area contributed by atoms with Gasteiger partial charge in [-0.25, -0.2) is 0 Å². The molecule has 0 aliphatic carbocycles.